The van der Waals surface area contributed by atoms with Crippen LogP contribution in [0.25, 0.3) is 0 Å². The van der Waals surface area contributed by atoms with Crippen LogP contribution in [-0.2, 0) is 6.54 Å². The molecule has 0 aromatic carbocycles. The molecule has 3 nitrogen and oxygen atoms in total. The van der Waals surface area contributed by atoms with E-state index < -0.39 is 5.82 Å². The number of nitrogens with zero attached hydrogens (tertiary/aromatic N) is 2. The van der Waals surface area contributed by atoms with Crippen molar-refractivity contribution in [3.8, 4) is 0 Å². The number of amides is 1. The first kappa shape index (κ1) is 13.0. The Bertz CT molecular complexity index is 559. The summed E-state index contributed by atoms with van der Waals surface area (Å²) in [7, 11) is 1.64. The standard InChI is InChI=1S/C12H10ClFN2OS/c1-16(6-8-2-3-18-7-8)12(17)10-4-9(14)5-15-11(10)13/h2-5,7H,6H2,1H3. The Labute approximate surface area is 113 Å². The normalized spacial score (nSPS) is 10.4. The van der Waals surface area contributed by atoms with Gasteiger partial charge in [-0.15, -0.1) is 0 Å². The highest BCUT2D eigenvalue weighted by atomic mass is 35.5. The van der Waals surface area contributed by atoms with Gasteiger partial charge in [-0.3, -0.25) is 4.79 Å². The van der Waals surface area contributed by atoms with Gasteiger partial charge in [0.2, 0.25) is 0 Å². The van der Waals surface area contributed by atoms with Crippen LogP contribution in [0.1, 0.15) is 15.9 Å². The van der Waals surface area contributed by atoms with Crippen molar-refractivity contribution in [3.05, 3.63) is 51.2 Å². The summed E-state index contributed by atoms with van der Waals surface area (Å²) in [5.41, 5.74) is 1.10. The molecule has 18 heavy (non-hydrogen) atoms. The van der Waals surface area contributed by atoms with E-state index in [0.29, 0.717) is 6.54 Å². The van der Waals surface area contributed by atoms with E-state index in [1.807, 2.05) is 16.8 Å². The SMILES string of the molecule is CN(Cc1ccsc1)C(=O)c1cc(F)cnc1Cl. The lowest BCUT2D eigenvalue weighted by Crippen LogP contribution is -2.26. The Morgan fingerprint density at radius 1 is 1.61 bits per heavy atom. The zero-order valence-corrected chi connectivity index (χ0v) is 11.1. The van der Waals surface area contributed by atoms with Crippen molar-refractivity contribution in [2.24, 2.45) is 0 Å². The molecule has 2 aromatic heterocycles. The number of halogens is 2. The molecule has 2 aromatic rings. The van der Waals surface area contributed by atoms with Gasteiger partial charge in [-0.25, -0.2) is 9.37 Å². The second-order valence-electron chi connectivity index (χ2n) is 3.78. The van der Waals surface area contributed by atoms with E-state index in [1.54, 1.807) is 18.4 Å². The molecule has 0 N–H and O–H groups in total. The molecule has 0 aliphatic heterocycles. The molecule has 0 aliphatic rings. The fourth-order valence-electron chi connectivity index (χ4n) is 1.51. The summed E-state index contributed by atoms with van der Waals surface area (Å²) in [6.45, 7) is 0.454. The van der Waals surface area contributed by atoms with Gasteiger partial charge >= 0.3 is 0 Å². The van der Waals surface area contributed by atoms with Crippen LogP contribution in [0, 0.1) is 5.82 Å². The average molecular weight is 285 g/mol. The number of rotatable bonds is 3. The van der Waals surface area contributed by atoms with Crippen LogP contribution in [-0.4, -0.2) is 22.8 Å². The second kappa shape index (κ2) is 5.46. The van der Waals surface area contributed by atoms with Crippen LogP contribution < -0.4 is 0 Å². The van der Waals surface area contributed by atoms with Gasteiger partial charge in [0.15, 0.2) is 0 Å². The van der Waals surface area contributed by atoms with Crippen LogP contribution in [0.4, 0.5) is 4.39 Å². The van der Waals surface area contributed by atoms with Gasteiger partial charge in [0.1, 0.15) is 11.0 Å². The molecule has 0 aliphatic carbocycles. The summed E-state index contributed by atoms with van der Waals surface area (Å²) in [5, 5.41) is 3.90. The van der Waals surface area contributed by atoms with Gasteiger partial charge in [-0.05, 0) is 28.5 Å². The summed E-state index contributed by atoms with van der Waals surface area (Å²) in [6.07, 6.45) is 0.984. The zero-order chi connectivity index (χ0) is 13.1. The first-order chi connectivity index (χ1) is 8.58. The molecule has 0 fully saturated rings. The zero-order valence-electron chi connectivity index (χ0n) is 9.56. The number of hydrogen-bond acceptors (Lipinski definition) is 3. The molecule has 94 valence electrons. The van der Waals surface area contributed by atoms with Crippen molar-refractivity contribution >= 4 is 28.8 Å². The monoisotopic (exact) mass is 284 g/mol. The number of pyridine rings is 1. The topological polar surface area (TPSA) is 33.2 Å². The van der Waals surface area contributed by atoms with Crippen molar-refractivity contribution in [3.63, 3.8) is 0 Å². The third-order valence-electron chi connectivity index (χ3n) is 2.38. The maximum atomic E-state index is 13.1. The number of aromatic nitrogens is 1. The van der Waals surface area contributed by atoms with E-state index in [4.69, 9.17) is 11.6 Å². The Morgan fingerprint density at radius 3 is 3.06 bits per heavy atom. The number of thiophene rings is 1. The molecule has 0 saturated carbocycles. The second-order valence-corrected chi connectivity index (χ2v) is 4.92. The molecule has 6 heteroatoms. The molecule has 0 radical (unpaired) electrons. The molecular weight excluding hydrogens is 275 g/mol. The van der Waals surface area contributed by atoms with E-state index >= 15 is 0 Å². The Balaban J connectivity index is 2.17. The van der Waals surface area contributed by atoms with Crippen LogP contribution in [0.2, 0.25) is 5.15 Å². The minimum absolute atomic E-state index is 0.0126. The van der Waals surface area contributed by atoms with Gasteiger partial charge < -0.3 is 4.90 Å². The maximum Gasteiger partial charge on any atom is 0.257 e. The van der Waals surface area contributed by atoms with Gasteiger partial charge in [-0.2, -0.15) is 11.3 Å². The molecule has 2 rings (SSSR count). The van der Waals surface area contributed by atoms with Gasteiger partial charge in [-0.1, -0.05) is 11.6 Å². The predicted octanol–water partition coefficient (Wildman–Crippen LogP) is 3.21. The highest BCUT2D eigenvalue weighted by Crippen LogP contribution is 2.17. The van der Waals surface area contributed by atoms with Crippen molar-refractivity contribution in [2.45, 2.75) is 6.54 Å². The van der Waals surface area contributed by atoms with E-state index in [-0.39, 0.29) is 16.6 Å². The molecular formula is C12H10ClFN2OS. The van der Waals surface area contributed by atoms with E-state index in [9.17, 15) is 9.18 Å². The molecule has 2 heterocycles. The molecule has 0 unspecified atom stereocenters. The number of carbonyl (C=O) groups is 1. The first-order valence-electron chi connectivity index (χ1n) is 5.15. The summed E-state index contributed by atoms with van der Waals surface area (Å²) >= 11 is 7.35. The fourth-order valence-corrected chi connectivity index (χ4v) is 2.35. The minimum Gasteiger partial charge on any atom is -0.337 e. The number of carbonyl (C=O) groups excluding carboxylic acids is 1. The average Bonchev–Trinajstić information content (AvgIpc) is 2.84. The first-order valence-corrected chi connectivity index (χ1v) is 6.47. The van der Waals surface area contributed by atoms with E-state index in [2.05, 4.69) is 4.98 Å². The van der Waals surface area contributed by atoms with Crippen molar-refractivity contribution < 1.29 is 9.18 Å². The summed E-state index contributed by atoms with van der Waals surface area (Å²) in [5.74, 6) is -0.926. The molecule has 0 bridgehead atoms. The largest absolute Gasteiger partial charge is 0.337 e. The van der Waals surface area contributed by atoms with Gasteiger partial charge in [0.25, 0.3) is 5.91 Å². The van der Waals surface area contributed by atoms with Crippen LogP contribution in [0.3, 0.4) is 0 Å². The molecule has 0 atom stereocenters. The van der Waals surface area contributed by atoms with Crippen molar-refractivity contribution in [1.29, 1.82) is 0 Å². The van der Waals surface area contributed by atoms with Crippen LogP contribution >= 0.6 is 22.9 Å². The quantitative estimate of drug-likeness (QED) is 0.811. The van der Waals surface area contributed by atoms with Crippen molar-refractivity contribution in [2.75, 3.05) is 7.05 Å². The number of hydrogen-bond donors (Lipinski definition) is 0. The summed E-state index contributed by atoms with van der Waals surface area (Å²) in [4.78, 5) is 17.2. The molecule has 1 amide bonds. The molecule has 0 saturated heterocycles. The molecule has 0 spiro atoms. The lowest BCUT2D eigenvalue weighted by Gasteiger charge is -2.16. The van der Waals surface area contributed by atoms with E-state index in [0.717, 1.165) is 17.8 Å². The third-order valence-corrected chi connectivity index (χ3v) is 3.42. The lowest BCUT2D eigenvalue weighted by atomic mass is 10.2. The Morgan fingerprint density at radius 2 is 2.39 bits per heavy atom. The smallest absolute Gasteiger partial charge is 0.257 e. The summed E-state index contributed by atoms with van der Waals surface area (Å²) < 4.78 is 13.1. The fraction of sp³-hybridized carbons (Fsp3) is 0.167. The van der Waals surface area contributed by atoms with Crippen molar-refractivity contribution in [1.82, 2.24) is 9.88 Å². The van der Waals surface area contributed by atoms with Crippen LogP contribution in [0.5, 0.6) is 0 Å². The maximum absolute atomic E-state index is 13.1. The van der Waals surface area contributed by atoms with E-state index in [1.165, 1.54) is 4.90 Å². The highest BCUT2D eigenvalue weighted by Gasteiger charge is 2.17. The third kappa shape index (κ3) is 2.86. The Kier molecular flexibility index (Phi) is 3.93. The van der Waals surface area contributed by atoms with Crippen LogP contribution in [0.15, 0.2) is 29.1 Å². The summed E-state index contributed by atoms with van der Waals surface area (Å²) in [6, 6.07) is 3.03. The van der Waals surface area contributed by atoms with Gasteiger partial charge in [0.05, 0.1) is 11.8 Å². The predicted molar refractivity (Wildman–Crippen MR) is 69.3 cm³/mol. The Hall–Kier alpha value is -1.46. The highest BCUT2D eigenvalue weighted by molar-refractivity contribution is 7.07. The van der Waals surface area contributed by atoms with Gasteiger partial charge in [0, 0.05) is 13.6 Å². The lowest BCUT2D eigenvalue weighted by molar-refractivity contribution is 0.0784. The minimum atomic E-state index is -0.577.